The van der Waals surface area contributed by atoms with Gasteiger partial charge in [-0.25, -0.2) is 0 Å². The van der Waals surface area contributed by atoms with Gasteiger partial charge < -0.3 is 37.2 Å². The van der Waals surface area contributed by atoms with Crippen molar-refractivity contribution >= 4 is 11.8 Å². The minimum absolute atomic E-state index is 0. The van der Waals surface area contributed by atoms with Gasteiger partial charge in [-0.05, 0) is 12.5 Å². The molecule has 0 bridgehead atoms. The SMILES string of the molecule is CSC.[Au+3].[Cl-].[Cl-].[Cl-]. The summed E-state index contributed by atoms with van der Waals surface area (Å²) in [6.45, 7) is 0. The van der Waals surface area contributed by atoms with Crippen molar-refractivity contribution in [3.63, 3.8) is 0 Å². The molecule has 0 saturated carbocycles. The first-order chi connectivity index (χ1) is 1.41. The molecular weight excluding hydrogens is 359 g/mol. The molecule has 0 aromatic heterocycles. The van der Waals surface area contributed by atoms with Gasteiger partial charge in [0.25, 0.3) is 0 Å². The summed E-state index contributed by atoms with van der Waals surface area (Å²) < 4.78 is 0. The van der Waals surface area contributed by atoms with Crippen molar-refractivity contribution in [3.05, 3.63) is 0 Å². The predicted molar refractivity (Wildman–Crippen MR) is 19.4 cm³/mol. The second kappa shape index (κ2) is 44.0. The van der Waals surface area contributed by atoms with Crippen LogP contribution < -0.4 is 37.2 Å². The van der Waals surface area contributed by atoms with Crippen LogP contribution in [0.5, 0.6) is 0 Å². The van der Waals surface area contributed by atoms with E-state index in [1.165, 1.54) is 0 Å². The Balaban J connectivity index is -0.00000000333. The molecular formula is C2H6AuCl3S. The maximum absolute atomic E-state index is 2.04. The van der Waals surface area contributed by atoms with E-state index in [0.717, 1.165) is 0 Å². The van der Waals surface area contributed by atoms with E-state index in [-0.39, 0.29) is 59.6 Å². The second-order valence-corrected chi connectivity index (χ2v) is 1.22. The molecule has 0 aliphatic rings. The third-order valence-corrected chi connectivity index (χ3v) is 0. The van der Waals surface area contributed by atoms with Gasteiger partial charge in [-0.15, -0.1) is 0 Å². The number of thioether (sulfide) groups is 1. The molecule has 0 amide bonds. The normalized spacial score (nSPS) is 2.57. The van der Waals surface area contributed by atoms with Gasteiger partial charge in [-0.3, -0.25) is 0 Å². The van der Waals surface area contributed by atoms with Crippen LogP contribution in [0, 0.1) is 0 Å². The van der Waals surface area contributed by atoms with Crippen molar-refractivity contribution in [3.8, 4) is 0 Å². The Bertz CT molecular complexity index is 12.9. The van der Waals surface area contributed by atoms with Gasteiger partial charge in [0, 0.05) is 0 Å². The number of hydrogen-bond donors (Lipinski definition) is 0. The summed E-state index contributed by atoms with van der Waals surface area (Å²) >= 11 is 1.75. The third kappa shape index (κ3) is 73.6. The van der Waals surface area contributed by atoms with Crippen LogP contribution in [0.1, 0.15) is 0 Å². The first-order valence-electron chi connectivity index (χ1n) is 0.816. The van der Waals surface area contributed by atoms with Gasteiger partial charge in [-0.2, -0.15) is 11.8 Å². The van der Waals surface area contributed by atoms with Crippen molar-refractivity contribution in [2.75, 3.05) is 12.5 Å². The zero-order valence-corrected chi connectivity index (χ0v) is 9.09. The average Bonchev–Trinajstić information content (AvgIpc) is 0.918. The molecule has 52 valence electrons. The van der Waals surface area contributed by atoms with E-state index in [1.54, 1.807) is 11.8 Å². The second-order valence-electron chi connectivity index (χ2n) is 0.408. The molecule has 0 heterocycles. The topological polar surface area (TPSA) is 0 Å². The van der Waals surface area contributed by atoms with Crippen LogP contribution >= 0.6 is 11.8 Å². The molecule has 0 fully saturated rings. The monoisotopic (exact) mass is 364 g/mol. The van der Waals surface area contributed by atoms with Crippen LogP contribution in [-0.4, -0.2) is 12.5 Å². The van der Waals surface area contributed by atoms with E-state index in [9.17, 15) is 0 Å². The molecule has 0 aliphatic heterocycles. The Kier molecular flexibility index (Phi) is 228. The number of hydrogen-bond acceptors (Lipinski definition) is 1. The minimum Gasteiger partial charge on any atom is -1.00 e. The molecule has 0 unspecified atom stereocenters. The van der Waals surface area contributed by atoms with Gasteiger partial charge in [0.15, 0.2) is 0 Å². The summed E-state index contributed by atoms with van der Waals surface area (Å²) in [5, 5.41) is 0. The largest absolute Gasteiger partial charge is 3.00 e. The molecule has 0 aliphatic carbocycles. The standard InChI is InChI=1S/C2H6S.Au.3ClH/c1-3-2;;;;/h1-2H3;;3*1H/q;+3;;;/p-3. The van der Waals surface area contributed by atoms with Crippen molar-refractivity contribution in [2.45, 2.75) is 0 Å². The van der Waals surface area contributed by atoms with E-state index in [1.807, 2.05) is 12.5 Å². The molecule has 0 spiro atoms. The molecule has 7 heavy (non-hydrogen) atoms. The van der Waals surface area contributed by atoms with Gasteiger partial charge in [0.2, 0.25) is 0 Å². The van der Waals surface area contributed by atoms with Gasteiger partial charge in [0.05, 0.1) is 0 Å². The van der Waals surface area contributed by atoms with Crippen LogP contribution in [0.15, 0.2) is 0 Å². The Labute approximate surface area is 83.3 Å². The Morgan fingerprint density at radius 2 is 0.857 bits per heavy atom. The smallest absolute Gasteiger partial charge is 1.00 e. The van der Waals surface area contributed by atoms with E-state index in [0.29, 0.717) is 0 Å². The van der Waals surface area contributed by atoms with Crippen LogP contribution in [-0.2, 0) is 22.4 Å². The average molecular weight is 365 g/mol. The molecule has 0 atom stereocenters. The van der Waals surface area contributed by atoms with Gasteiger partial charge in [0.1, 0.15) is 0 Å². The summed E-state index contributed by atoms with van der Waals surface area (Å²) in [5.41, 5.74) is 0. The molecule has 0 rings (SSSR count). The van der Waals surface area contributed by atoms with E-state index >= 15 is 0 Å². The fourth-order valence-corrected chi connectivity index (χ4v) is 0. The first kappa shape index (κ1) is 36.2. The van der Waals surface area contributed by atoms with E-state index in [4.69, 9.17) is 0 Å². The molecule has 0 radical (unpaired) electrons. The zero-order chi connectivity index (χ0) is 2.71. The Morgan fingerprint density at radius 1 is 0.857 bits per heavy atom. The van der Waals surface area contributed by atoms with E-state index in [2.05, 4.69) is 0 Å². The summed E-state index contributed by atoms with van der Waals surface area (Å²) in [6.07, 6.45) is 4.08. The summed E-state index contributed by atoms with van der Waals surface area (Å²) in [5.74, 6) is 0. The number of halogens is 3. The van der Waals surface area contributed by atoms with Crippen molar-refractivity contribution in [2.24, 2.45) is 0 Å². The van der Waals surface area contributed by atoms with Gasteiger partial charge >= 0.3 is 22.4 Å². The number of rotatable bonds is 0. The van der Waals surface area contributed by atoms with E-state index < -0.39 is 0 Å². The molecule has 0 aromatic carbocycles. The molecule has 0 N–H and O–H groups in total. The van der Waals surface area contributed by atoms with Crippen LogP contribution in [0.4, 0.5) is 0 Å². The maximum atomic E-state index is 2.04. The zero-order valence-electron chi connectivity index (χ0n) is 3.84. The molecule has 5 heteroatoms. The Hall–Kier alpha value is 1.96. The maximum Gasteiger partial charge on any atom is 3.00 e. The van der Waals surface area contributed by atoms with Crippen LogP contribution in [0.25, 0.3) is 0 Å². The molecule has 0 nitrogen and oxygen atoms in total. The van der Waals surface area contributed by atoms with Crippen LogP contribution in [0.2, 0.25) is 0 Å². The summed E-state index contributed by atoms with van der Waals surface area (Å²) in [7, 11) is 0. The van der Waals surface area contributed by atoms with Crippen molar-refractivity contribution < 1.29 is 59.6 Å². The molecule has 0 saturated heterocycles. The van der Waals surface area contributed by atoms with Crippen molar-refractivity contribution in [1.82, 2.24) is 0 Å². The quantitative estimate of drug-likeness (QED) is 0.385. The van der Waals surface area contributed by atoms with Crippen LogP contribution in [0.3, 0.4) is 0 Å². The predicted octanol–water partition coefficient (Wildman–Crippen LogP) is -8.01. The summed E-state index contributed by atoms with van der Waals surface area (Å²) in [6, 6.07) is 0. The summed E-state index contributed by atoms with van der Waals surface area (Å²) in [4.78, 5) is 0. The first-order valence-corrected chi connectivity index (χ1v) is 2.45. The Morgan fingerprint density at radius 3 is 0.857 bits per heavy atom. The molecule has 0 aromatic rings. The van der Waals surface area contributed by atoms with Gasteiger partial charge in [-0.1, -0.05) is 0 Å². The van der Waals surface area contributed by atoms with Crippen molar-refractivity contribution in [1.29, 1.82) is 0 Å². The third-order valence-electron chi connectivity index (χ3n) is 0. The minimum atomic E-state index is 0. The fraction of sp³-hybridized carbons (Fsp3) is 1.00. The fourth-order valence-electron chi connectivity index (χ4n) is 0.